The van der Waals surface area contributed by atoms with Gasteiger partial charge in [-0.05, 0) is 47.3 Å². The largest absolute Gasteiger partial charge is 0.435 e. The second-order valence-electron chi connectivity index (χ2n) is 5.57. The number of benzene rings is 1. The molecule has 0 unspecified atom stereocenters. The number of amides is 1. The van der Waals surface area contributed by atoms with Crippen molar-refractivity contribution in [3.8, 4) is 5.75 Å². The molecule has 3 rings (SSSR count). The quantitative estimate of drug-likeness (QED) is 0.583. The van der Waals surface area contributed by atoms with Crippen molar-refractivity contribution >= 4 is 22.9 Å². The maximum atomic E-state index is 12.6. The van der Waals surface area contributed by atoms with Gasteiger partial charge in [-0.3, -0.25) is 9.48 Å². The van der Waals surface area contributed by atoms with Crippen LogP contribution in [0.1, 0.15) is 20.9 Å². The van der Waals surface area contributed by atoms with E-state index < -0.39 is 24.4 Å². The molecular weight excluding hydrogens is 405 g/mol. The fourth-order valence-corrected chi connectivity index (χ4v) is 3.08. The number of aromatic nitrogens is 2. The van der Waals surface area contributed by atoms with Crippen molar-refractivity contribution in [2.45, 2.75) is 19.3 Å². The Hall–Kier alpha value is -2.95. The normalized spacial score (nSPS) is 11.6. The summed E-state index contributed by atoms with van der Waals surface area (Å²) in [4.78, 5) is 12.6. The van der Waals surface area contributed by atoms with E-state index in [1.54, 1.807) is 11.4 Å². The lowest BCUT2D eigenvalue weighted by molar-refractivity contribution is -0.141. The summed E-state index contributed by atoms with van der Waals surface area (Å²) in [6.07, 6.45) is -3.30. The summed E-state index contributed by atoms with van der Waals surface area (Å²) < 4.78 is 67.3. The molecule has 0 atom stereocenters. The Kier molecular flexibility index (Phi) is 5.63. The Morgan fingerprint density at radius 3 is 2.54 bits per heavy atom. The SMILES string of the molecule is O=C(Nc1ccc(OC(F)F)cc1)c1cc(Cn2ccc(C(F)(F)F)n2)cs1. The first-order chi connectivity index (χ1) is 13.2. The number of thiophene rings is 1. The number of alkyl halides is 5. The molecule has 0 aliphatic carbocycles. The van der Waals surface area contributed by atoms with Crippen molar-refractivity contribution in [1.82, 2.24) is 9.78 Å². The molecule has 28 heavy (non-hydrogen) atoms. The smallest absolute Gasteiger partial charge is 0.435 e. The summed E-state index contributed by atoms with van der Waals surface area (Å²) in [6, 6.07) is 7.82. The van der Waals surface area contributed by atoms with Crippen LogP contribution in [0.3, 0.4) is 0 Å². The first-order valence-electron chi connectivity index (χ1n) is 7.75. The number of ether oxygens (including phenoxy) is 1. The maximum Gasteiger partial charge on any atom is 0.435 e. The molecule has 1 N–H and O–H groups in total. The molecular formula is C17H12F5N3O2S. The minimum Gasteiger partial charge on any atom is -0.435 e. The predicted octanol–water partition coefficient (Wildman–Crippen LogP) is 4.87. The second-order valence-corrected chi connectivity index (χ2v) is 6.48. The lowest BCUT2D eigenvalue weighted by Gasteiger charge is -2.06. The van der Waals surface area contributed by atoms with E-state index >= 15 is 0 Å². The molecule has 0 aliphatic rings. The minimum absolute atomic E-state index is 0.0381. The van der Waals surface area contributed by atoms with Gasteiger partial charge in [-0.2, -0.15) is 27.1 Å². The zero-order chi connectivity index (χ0) is 20.3. The number of nitrogens with one attached hydrogen (secondary N) is 1. The van der Waals surface area contributed by atoms with E-state index in [0.717, 1.165) is 22.1 Å². The molecule has 0 bridgehead atoms. The summed E-state index contributed by atoms with van der Waals surface area (Å²) in [5, 5.41) is 7.70. The van der Waals surface area contributed by atoms with Crippen molar-refractivity contribution in [2.75, 3.05) is 5.32 Å². The highest BCUT2D eigenvalue weighted by molar-refractivity contribution is 7.12. The molecule has 0 saturated carbocycles. The molecule has 5 nitrogen and oxygen atoms in total. The molecule has 1 amide bonds. The third kappa shape index (κ3) is 5.06. The van der Waals surface area contributed by atoms with Gasteiger partial charge in [0.15, 0.2) is 5.69 Å². The first kappa shape index (κ1) is 19.8. The van der Waals surface area contributed by atoms with Crippen LogP contribution >= 0.6 is 11.3 Å². The van der Waals surface area contributed by atoms with E-state index in [4.69, 9.17) is 0 Å². The van der Waals surface area contributed by atoms with Gasteiger partial charge in [0, 0.05) is 11.9 Å². The Balaban J connectivity index is 1.61. The van der Waals surface area contributed by atoms with Crippen molar-refractivity contribution in [2.24, 2.45) is 0 Å². The molecule has 0 spiro atoms. The highest BCUT2D eigenvalue weighted by atomic mass is 32.1. The van der Waals surface area contributed by atoms with E-state index in [2.05, 4.69) is 15.2 Å². The number of carbonyl (C=O) groups excluding carboxylic acids is 1. The zero-order valence-corrected chi connectivity index (χ0v) is 14.7. The van der Waals surface area contributed by atoms with Crippen molar-refractivity contribution in [1.29, 1.82) is 0 Å². The number of carbonyl (C=O) groups is 1. The van der Waals surface area contributed by atoms with Crippen LogP contribution in [0.15, 0.2) is 48.0 Å². The van der Waals surface area contributed by atoms with Gasteiger partial charge in [0.1, 0.15) is 5.75 Å². The van der Waals surface area contributed by atoms with E-state index in [0.29, 0.717) is 16.1 Å². The molecule has 2 heterocycles. The summed E-state index contributed by atoms with van der Waals surface area (Å²) in [7, 11) is 0. The van der Waals surface area contributed by atoms with Crippen LogP contribution in [0.4, 0.5) is 27.6 Å². The summed E-state index contributed by atoms with van der Waals surface area (Å²) in [5.41, 5.74) is 0.0103. The summed E-state index contributed by atoms with van der Waals surface area (Å²) in [5.74, 6) is -0.473. The topological polar surface area (TPSA) is 56.1 Å². The molecule has 2 aromatic heterocycles. The van der Waals surface area contributed by atoms with Gasteiger partial charge in [-0.1, -0.05) is 0 Å². The van der Waals surface area contributed by atoms with Gasteiger partial charge in [-0.25, -0.2) is 0 Å². The summed E-state index contributed by atoms with van der Waals surface area (Å²) >= 11 is 1.12. The molecule has 0 aliphatic heterocycles. The monoisotopic (exact) mass is 417 g/mol. The highest BCUT2D eigenvalue weighted by Gasteiger charge is 2.33. The van der Waals surface area contributed by atoms with Crippen LogP contribution in [0.5, 0.6) is 5.75 Å². The first-order valence-corrected chi connectivity index (χ1v) is 8.63. The van der Waals surface area contributed by atoms with Crippen LogP contribution in [0, 0.1) is 0 Å². The Morgan fingerprint density at radius 1 is 1.21 bits per heavy atom. The van der Waals surface area contributed by atoms with E-state index in [1.165, 1.54) is 30.5 Å². The lowest BCUT2D eigenvalue weighted by atomic mass is 10.2. The fraction of sp³-hybridized carbons (Fsp3) is 0.176. The average molecular weight is 417 g/mol. The van der Waals surface area contributed by atoms with Crippen molar-refractivity contribution in [3.05, 3.63) is 64.1 Å². The molecule has 0 fully saturated rings. The highest BCUT2D eigenvalue weighted by Crippen LogP contribution is 2.27. The summed E-state index contributed by atoms with van der Waals surface area (Å²) in [6.45, 7) is -2.86. The van der Waals surface area contributed by atoms with E-state index in [1.807, 2.05) is 0 Å². The fourth-order valence-electron chi connectivity index (χ4n) is 2.28. The van der Waals surface area contributed by atoms with Crippen molar-refractivity contribution < 1.29 is 31.5 Å². The number of nitrogens with zero attached hydrogens (tertiary/aromatic N) is 2. The number of hydrogen-bond donors (Lipinski definition) is 1. The Bertz CT molecular complexity index is 950. The van der Waals surface area contributed by atoms with Gasteiger partial charge in [0.25, 0.3) is 5.91 Å². The number of anilines is 1. The molecule has 148 valence electrons. The van der Waals surface area contributed by atoms with E-state index in [9.17, 15) is 26.7 Å². The van der Waals surface area contributed by atoms with Crippen LogP contribution in [0.25, 0.3) is 0 Å². The average Bonchev–Trinajstić information content (AvgIpc) is 3.26. The van der Waals surface area contributed by atoms with E-state index in [-0.39, 0.29) is 12.3 Å². The standard InChI is InChI=1S/C17H12F5N3O2S/c18-16(19)27-12-3-1-11(2-4-12)23-15(26)13-7-10(9-28-13)8-25-6-5-14(24-25)17(20,21)22/h1-7,9,16H,8H2,(H,23,26). The lowest BCUT2D eigenvalue weighted by Crippen LogP contribution is -2.10. The van der Waals surface area contributed by atoms with Gasteiger partial charge in [-0.15, -0.1) is 11.3 Å². The molecule has 0 radical (unpaired) electrons. The third-order valence-electron chi connectivity index (χ3n) is 3.49. The molecule has 1 aromatic carbocycles. The number of hydrogen-bond acceptors (Lipinski definition) is 4. The van der Waals surface area contributed by atoms with Gasteiger partial charge in [0.05, 0.1) is 11.4 Å². The van der Waals surface area contributed by atoms with Gasteiger partial charge in [0.2, 0.25) is 0 Å². The van der Waals surface area contributed by atoms with Crippen LogP contribution in [0.2, 0.25) is 0 Å². The minimum atomic E-state index is -4.51. The second kappa shape index (κ2) is 7.97. The molecule has 11 heteroatoms. The van der Waals surface area contributed by atoms with Gasteiger partial charge >= 0.3 is 12.8 Å². The van der Waals surface area contributed by atoms with Crippen LogP contribution in [-0.4, -0.2) is 22.3 Å². The molecule has 0 saturated heterocycles. The Labute approximate surface area is 159 Å². The van der Waals surface area contributed by atoms with Gasteiger partial charge < -0.3 is 10.1 Å². The van der Waals surface area contributed by atoms with Crippen LogP contribution in [-0.2, 0) is 12.7 Å². The maximum absolute atomic E-state index is 12.6. The number of halogens is 5. The predicted molar refractivity (Wildman–Crippen MR) is 91.7 cm³/mol. The Morgan fingerprint density at radius 2 is 1.93 bits per heavy atom. The van der Waals surface area contributed by atoms with Crippen LogP contribution < -0.4 is 10.1 Å². The molecule has 3 aromatic rings. The third-order valence-corrected chi connectivity index (χ3v) is 4.47. The zero-order valence-electron chi connectivity index (χ0n) is 13.9. The van der Waals surface area contributed by atoms with Crippen molar-refractivity contribution in [3.63, 3.8) is 0 Å². The number of rotatable bonds is 6.